The summed E-state index contributed by atoms with van der Waals surface area (Å²) in [5.41, 5.74) is 2.07. The predicted molar refractivity (Wildman–Crippen MR) is 106 cm³/mol. The van der Waals surface area contributed by atoms with Gasteiger partial charge >= 0.3 is 6.18 Å². The van der Waals surface area contributed by atoms with Crippen molar-refractivity contribution in [3.63, 3.8) is 0 Å². The maximum Gasteiger partial charge on any atom is 0.416 e. The van der Waals surface area contributed by atoms with Crippen LogP contribution in [0.2, 0.25) is 0 Å². The predicted octanol–water partition coefficient (Wildman–Crippen LogP) is 5.67. The van der Waals surface area contributed by atoms with Crippen LogP contribution in [0.5, 0.6) is 0 Å². The Kier molecular flexibility index (Phi) is 6.02. The van der Waals surface area contributed by atoms with Gasteiger partial charge in [0, 0.05) is 17.5 Å². The van der Waals surface area contributed by atoms with E-state index in [0.29, 0.717) is 24.0 Å². The van der Waals surface area contributed by atoms with Crippen LogP contribution in [0.25, 0.3) is 0 Å². The summed E-state index contributed by atoms with van der Waals surface area (Å²) in [5, 5.41) is 2.70. The van der Waals surface area contributed by atoms with Gasteiger partial charge in [-0.3, -0.25) is 4.79 Å². The number of amides is 1. The van der Waals surface area contributed by atoms with Crippen LogP contribution in [0.15, 0.2) is 46.4 Å². The van der Waals surface area contributed by atoms with E-state index >= 15 is 0 Å². The maximum absolute atomic E-state index is 13.0. The van der Waals surface area contributed by atoms with Gasteiger partial charge in [-0.2, -0.15) is 13.2 Å². The third-order valence-electron chi connectivity index (χ3n) is 6.31. The number of methoxy groups -OCH3 is 1. The number of hydrogen-bond acceptors (Lipinski definition) is 2. The molecule has 29 heavy (non-hydrogen) atoms. The van der Waals surface area contributed by atoms with Crippen molar-refractivity contribution in [2.45, 2.75) is 53.1 Å². The first kappa shape index (κ1) is 21.7. The number of allylic oxidation sites excluding steroid dienone is 8. The lowest BCUT2D eigenvalue weighted by molar-refractivity contribution is -0.122. The lowest BCUT2D eigenvalue weighted by atomic mass is 9.75. The van der Waals surface area contributed by atoms with Crippen molar-refractivity contribution in [3.05, 3.63) is 46.4 Å². The Bertz CT molecular complexity index is 799. The number of fused-ring (bicyclic) bond motifs is 1. The van der Waals surface area contributed by atoms with Crippen LogP contribution in [0.1, 0.15) is 47.0 Å². The number of carbonyl (C=O) groups is 1. The molecule has 0 aromatic rings. The number of alkyl halides is 3. The van der Waals surface area contributed by atoms with E-state index in [1.54, 1.807) is 7.11 Å². The van der Waals surface area contributed by atoms with Crippen molar-refractivity contribution >= 4 is 5.91 Å². The molecule has 2 aliphatic carbocycles. The Morgan fingerprint density at radius 2 is 1.90 bits per heavy atom. The number of rotatable bonds is 5. The second-order valence-electron chi connectivity index (χ2n) is 8.93. The molecule has 1 heterocycles. The fourth-order valence-corrected chi connectivity index (χ4v) is 4.70. The molecule has 6 heteroatoms. The Labute approximate surface area is 170 Å². The van der Waals surface area contributed by atoms with E-state index in [9.17, 15) is 18.0 Å². The zero-order chi connectivity index (χ0) is 21.5. The second-order valence-corrected chi connectivity index (χ2v) is 8.93. The van der Waals surface area contributed by atoms with E-state index in [1.165, 1.54) is 11.6 Å². The molecule has 3 aliphatic rings. The molecule has 0 saturated carbocycles. The summed E-state index contributed by atoms with van der Waals surface area (Å²) in [6, 6.07) is 0. The lowest BCUT2D eigenvalue weighted by Gasteiger charge is -2.32. The van der Waals surface area contributed by atoms with Crippen LogP contribution in [0, 0.1) is 29.6 Å². The van der Waals surface area contributed by atoms with Gasteiger partial charge in [-0.1, -0.05) is 45.4 Å². The summed E-state index contributed by atoms with van der Waals surface area (Å²) < 4.78 is 44.8. The Morgan fingerprint density at radius 1 is 1.21 bits per heavy atom. The Balaban J connectivity index is 1.85. The van der Waals surface area contributed by atoms with Crippen molar-refractivity contribution < 1.29 is 22.7 Å². The van der Waals surface area contributed by atoms with Gasteiger partial charge in [-0.25, -0.2) is 0 Å². The van der Waals surface area contributed by atoms with Crippen LogP contribution < -0.4 is 5.32 Å². The molecule has 3 nitrogen and oxygen atoms in total. The molecule has 3 rings (SSSR count). The van der Waals surface area contributed by atoms with Gasteiger partial charge in [0.05, 0.1) is 18.6 Å². The molecule has 3 atom stereocenters. The zero-order valence-corrected chi connectivity index (χ0v) is 17.7. The number of hydrogen-bond donors (Lipinski definition) is 1. The molecule has 0 spiro atoms. The first-order chi connectivity index (χ1) is 13.5. The van der Waals surface area contributed by atoms with Gasteiger partial charge in [-0.15, -0.1) is 0 Å². The number of halogens is 3. The van der Waals surface area contributed by atoms with Crippen molar-refractivity contribution in [2.75, 3.05) is 7.11 Å². The molecule has 160 valence electrons. The first-order valence-electron chi connectivity index (χ1n) is 10.3. The highest BCUT2D eigenvalue weighted by Crippen LogP contribution is 2.44. The minimum atomic E-state index is -4.38. The van der Waals surface area contributed by atoms with Crippen LogP contribution in [-0.4, -0.2) is 19.2 Å². The van der Waals surface area contributed by atoms with E-state index in [2.05, 4.69) is 39.1 Å². The molecule has 0 bridgehead atoms. The number of nitrogens with one attached hydrogen (secondary N) is 1. The second kappa shape index (κ2) is 8.04. The smallest absolute Gasteiger partial charge is 0.416 e. The molecule has 0 aromatic heterocycles. The van der Waals surface area contributed by atoms with Gasteiger partial charge in [0.2, 0.25) is 5.91 Å². The van der Waals surface area contributed by atoms with Crippen LogP contribution in [0.3, 0.4) is 0 Å². The first-order valence-corrected chi connectivity index (χ1v) is 10.3. The minimum absolute atomic E-state index is 0.173. The topological polar surface area (TPSA) is 38.3 Å². The average molecular weight is 409 g/mol. The molecular formula is C23H30F3NO2. The van der Waals surface area contributed by atoms with Gasteiger partial charge in [-0.05, 0) is 42.7 Å². The summed E-state index contributed by atoms with van der Waals surface area (Å²) >= 11 is 0. The quantitative estimate of drug-likeness (QED) is 0.635. The summed E-state index contributed by atoms with van der Waals surface area (Å²) in [6.07, 6.45) is 1.70. The van der Waals surface area contributed by atoms with Crippen molar-refractivity contribution in [1.29, 1.82) is 0 Å². The summed E-state index contributed by atoms with van der Waals surface area (Å²) in [4.78, 5) is 12.6. The average Bonchev–Trinajstić information content (AvgIpc) is 2.94. The van der Waals surface area contributed by atoms with Crippen LogP contribution in [0.4, 0.5) is 13.2 Å². The van der Waals surface area contributed by atoms with Crippen molar-refractivity contribution in [2.24, 2.45) is 29.6 Å². The standard InChI is InChI=1S/C23H30F3NO2/c1-12(2)17-8-14(9-18(13(3)4)21(17)29-5)10-19-16-7-6-15(23(24,25)26)11-20(16)27-22(19)28/h6,8,11-13,16,18-19H,7,9-10H2,1-5H3,(H,27,28). The molecule has 1 aliphatic heterocycles. The van der Waals surface area contributed by atoms with Gasteiger partial charge in [0.25, 0.3) is 0 Å². The summed E-state index contributed by atoms with van der Waals surface area (Å²) in [7, 11) is 1.71. The Hall–Kier alpha value is -1.98. The van der Waals surface area contributed by atoms with Gasteiger partial charge in [0.15, 0.2) is 0 Å². The van der Waals surface area contributed by atoms with Crippen LogP contribution >= 0.6 is 0 Å². The Morgan fingerprint density at radius 3 is 2.45 bits per heavy atom. The van der Waals surface area contributed by atoms with E-state index in [0.717, 1.165) is 23.8 Å². The molecule has 0 aromatic carbocycles. The monoisotopic (exact) mass is 409 g/mol. The highest BCUT2D eigenvalue weighted by atomic mass is 19.4. The third kappa shape index (κ3) is 4.31. The maximum atomic E-state index is 13.0. The normalized spacial score (nSPS) is 27.6. The van der Waals surface area contributed by atoms with Gasteiger partial charge < -0.3 is 10.1 Å². The molecule has 1 amide bonds. The molecule has 0 radical (unpaired) electrons. The third-order valence-corrected chi connectivity index (χ3v) is 6.31. The van der Waals surface area contributed by atoms with E-state index in [4.69, 9.17) is 4.74 Å². The SMILES string of the molecule is COC1=C(C(C)C)C=C(CC2C(=O)NC3=CC(C(F)(F)F)=CCC32)CC1C(C)C. The van der Waals surface area contributed by atoms with E-state index in [-0.39, 0.29) is 30.1 Å². The molecular weight excluding hydrogens is 379 g/mol. The summed E-state index contributed by atoms with van der Waals surface area (Å²) in [5.74, 6) is 1.24. The largest absolute Gasteiger partial charge is 0.500 e. The number of carbonyl (C=O) groups excluding carboxylic acids is 1. The lowest BCUT2D eigenvalue weighted by Crippen LogP contribution is -2.24. The molecule has 1 N–H and O–H groups in total. The molecule has 3 unspecified atom stereocenters. The molecule has 1 fully saturated rings. The fourth-order valence-electron chi connectivity index (χ4n) is 4.70. The van der Waals surface area contributed by atoms with Gasteiger partial charge in [0.1, 0.15) is 5.76 Å². The van der Waals surface area contributed by atoms with E-state index in [1.807, 2.05) is 0 Å². The minimum Gasteiger partial charge on any atom is -0.500 e. The van der Waals surface area contributed by atoms with E-state index < -0.39 is 11.7 Å². The van der Waals surface area contributed by atoms with Crippen molar-refractivity contribution in [3.8, 4) is 0 Å². The fraction of sp³-hybridized carbons (Fsp3) is 0.609. The number of ether oxygens (including phenoxy) is 1. The molecule has 1 saturated heterocycles. The summed E-state index contributed by atoms with van der Waals surface area (Å²) in [6.45, 7) is 8.58. The van der Waals surface area contributed by atoms with Crippen molar-refractivity contribution in [1.82, 2.24) is 5.32 Å². The van der Waals surface area contributed by atoms with Crippen LogP contribution in [-0.2, 0) is 9.53 Å². The highest BCUT2D eigenvalue weighted by Gasteiger charge is 2.43. The highest BCUT2D eigenvalue weighted by molar-refractivity contribution is 5.85. The zero-order valence-electron chi connectivity index (χ0n) is 17.7.